The summed E-state index contributed by atoms with van der Waals surface area (Å²) in [6.07, 6.45) is 0. The molecule has 1 N–H and O–H groups in total. The lowest BCUT2D eigenvalue weighted by Crippen LogP contribution is -2.42. The quantitative estimate of drug-likeness (QED) is 0.891. The third kappa shape index (κ3) is 3.92. The number of hydrogen-bond acceptors (Lipinski definition) is 5. The number of carbonyl (C=O) groups excluding carboxylic acids is 1. The zero-order chi connectivity index (χ0) is 15.4. The summed E-state index contributed by atoms with van der Waals surface area (Å²) < 4.78 is 5.16. The fraction of sp³-hybridized carbons (Fsp3) is 0.467. The first-order valence-corrected chi connectivity index (χ1v) is 7.79. The molecule has 0 unspecified atom stereocenters. The average Bonchev–Trinajstić information content (AvgIpc) is 3.09. The number of rotatable bonds is 6. The van der Waals surface area contributed by atoms with Gasteiger partial charge in [0.05, 0.1) is 18.3 Å². The number of amides is 1. The Kier molecular flexibility index (Phi) is 5.14. The minimum absolute atomic E-state index is 0.0256. The van der Waals surface area contributed by atoms with Crippen molar-refractivity contribution < 1.29 is 9.32 Å². The molecule has 0 fully saturated rings. The zero-order valence-corrected chi connectivity index (χ0v) is 13.7. The molecular formula is C15H21N3O2S. The Morgan fingerprint density at radius 1 is 1.52 bits per heavy atom. The molecular weight excluding hydrogens is 286 g/mol. The molecule has 2 heterocycles. The standard InChI is InChI=1S/C15H21N3O2S/c1-10-14(12(3)20-17-10)9-18(4)11(2)15(19)16-8-13-6-5-7-21-13/h5-7,11H,8-9H2,1-4H3,(H,16,19)/t11-/m1/s1. The van der Waals surface area contributed by atoms with E-state index in [9.17, 15) is 4.79 Å². The molecule has 114 valence electrons. The highest BCUT2D eigenvalue weighted by atomic mass is 32.1. The van der Waals surface area contributed by atoms with Crippen molar-refractivity contribution >= 4 is 17.2 Å². The highest BCUT2D eigenvalue weighted by Crippen LogP contribution is 2.15. The molecule has 0 aromatic carbocycles. The lowest BCUT2D eigenvalue weighted by atomic mass is 10.1. The van der Waals surface area contributed by atoms with Gasteiger partial charge in [-0.25, -0.2) is 0 Å². The molecule has 0 aliphatic heterocycles. The molecule has 0 spiro atoms. The maximum Gasteiger partial charge on any atom is 0.237 e. The van der Waals surface area contributed by atoms with Gasteiger partial charge in [-0.1, -0.05) is 11.2 Å². The van der Waals surface area contributed by atoms with Gasteiger partial charge in [-0.15, -0.1) is 11.3 Å². The maximum atomic E-state index is 12.2. The van der Waals surface area contributed by atoms with Gasteiger partial charge >= 0.3 is 0 Å². The molecule has 5 nitrogen and oxygen atoms in total. The Balaban J connectivity index is 1.89. The van der Waals surface area contributed by atoms with Gasteiger partial charge in [-0.2, -0.15) is 0 Å². The fourth-order valence-corrected chi connectivity index (χ4v) is 2.69. The second kappa shape index (κ2) is 6.87. The SMILES string of the molecule is Cc1noc(C)c1CN(C)[C@H](C)C(=O)NCc1cccs1. The summed E-state index contributed by atoms with van der Waals surface area (Å²) in [6, 6.07) is 3.79. The van der Waals surface area contributed by atoms with Crippen molar-refractivity contribution in [2.45, 2.75) is 39.9 Å². The van der Waals surface area contributed by atoms with E-state index in [1.54, 1.807) is 11.3 Å². The van der Waals surface area contributed by atoms with Gasteiger partial charge in [-0.05, 0) is 39.3 Å². The lowest BCUT2D eigenvalue weighted by molar-refractivity contribution is -0.125. The van der Waals surface area contributed by atoms with E-state index in [1.807, 2.05) is 50.2 Å². The molecule has 2 rings (SSSR count). The van der Waals surface area contributed by atoms with E-state index < -0.39 is 0 Å². The first-order chi connectivity index (χ1) is 9.99. The van der Waals surface area contributed by atoms with Crippen LogP contribution in [0, 0.1) is 13.8 Å². The molecule has 0 aliphatic rings. The zero-order valence-electron chi connectivity index (χ0n) is 12.8. The maximum absolute atomic E-state index is 12.2. The monoisotopic (exact) mass is 307 g/mol. The number of likely N-dealkylation sites (N-methyl/N-ethyl adjacent to an activating group) is 1. The predicted octanol–water partition coefficient (Wildman–Crippen LogP) is 2.49. The Bertz CT molecular complexity index is 573. The largest absolute Gasteiger partial charge is 0.361 e. The number of nitrogens with one attached hydrogen (secondary N) is 1. The molecule has 0 aliphatic carbocycles. The minimum Gasteiger partial charge on any atom is -0.361 e. The highest BCUT2D eigenvalue weighted by molar-refractivity contribution is 7.09. The van der Waals surface area contributed by atoms with Gasteiger partial charge in [0.1, 0.15) is 5.76 Å². The Morgan fingerprint density at radius 3 is 2.86 bits per heavy atom. The number of thiophene rings is 1. The van der Waals surface area contributed by atoms with E-state index in [0.29, 0.717) is 13.1 Å². The predicted molar refractivity (Wildman–Crippen MR) is 83.1 cm³/mol. The molecule has 2 aromatic rings. The average molecular weight is 307 g/mol. The van der Waals surface area contributed by atoms with Crippen LogP contribution in [-0.4, -0.2) is 29.1 Å². The summed E-state index contributed by atoms with van der Waals surface area (Å²) in [5, 5.41) is 8.92. The van der Waals surface area contributed by atoms with Gasteiger partial charge in [-0.3, -0.25) is 9.69 Å². The Labute approximate surface area is 128 Å². The van der Waals surface area contributed by atoms with Crippen LogP contribution in [0.3, 0.4) is 0 Å². The summed E-state index contributed by atoms with van der Waals surface area (Å²) >= 11 is 1.64. The smallest absolute Gasteiger partial charge is 0.237 e. The second-order valence-electron chi connectivity index (χ2n) is 5.19. The van der Waals surface area contributed by atoms with Crippen molar-refractivity contribution in [3.63, 3.8) is 0 Å². The Hall–Kier alpha value is -1.66. The van der Waals surface area contributed by atoms with Crippen molar-refractivity contribution in [2.24, 2.45) is 0 Å². The third-order valence-corrected chi connectivity index (χ3v) is 4.52. The van der Waals surface area contributed by atoms with Crippen molar-refractivity contribution in [1.29, 1.82) is 0 Å². The molecule has 1 amide bonds. The number of carbonyl (C=O) groups is 1. The summed E-state index contributed by atoms with van der Waals surface area (Å²) in [6.45, 7) is 6.95. The van der Waals surface area contributed by atoms with E-state index in [4.69, 9.17) is 4.52 Å². The van der Waals surface area contributed by atoms with Gasteiger partial charge in [0.15, 0.2) is 0 Å². The van der Waals surface area contributed by atoms with Crippen molar-refractivity contribution in [3.8, 4) is 0 Å². The molecule has 0 radical (unpaired) electrons. The van der Waals surface area contributed by atoms with Gasteiger partial charge < -0.3 is 9.84 Å². The Morgan fingerprint density at radius 2 is 2.29 bits per heavy atom. The van der Waals surface area contributed by atoms with Crippen LogP contribution in [-0.2, 0) is 17.9 Å². The summed E-state index contributed by atoms with van der Waals surface area (Å²) in [4.78, 5) is 15.3. The highest BCUT2D eigenvalue weighted by Gasteiger charge is 2.20. The van der Waals surface area contributed by atoms with Crippen molar-refractivity contribution in [1.82, 2.24) is 15.4 Å². The molecule has 0 saturated carbocycles. The molecule has 6 heteroatoms. The van der Waals surface area contributed by atoms with Gasteiger partial charge in [0.2, 0.25) is 5.91 Å². The van der Waals surface area contributed by atoms with E-state index in [0.717, 1.165) is 21.9 Å². The van der Waals surface area contributed by atoms with E-state index in [2.05, 4.69) is 10.5 Å². The molecule has 0 saturated heterocycles. The number of aryl methyl sites for hydroxylation is 2. The van der Waals surface area contributed by atoms with E-state index in [-0.39, 0.29) is 11.9 Å². The first kappa shape index (κ1) is 15.7. The molecule has 2 aromatic heterocycles. The van der Waals surface area contributed by atoms with Crippen LogP contribution in [0.5, 0.6) is 0 Å². The summed E-state index contributed by atoms with van der Waals surface area (Å²) in [5.74, 6) is 0.836. The summed E-state index contributed by atoms with van der Waals surface area (Å²) in [5.41, 5.74) is 1.93. The molecule has 1 atom stereocenters. The number of nitrogens with zero attached hydrogens (tertiary/aromatic N) is 2. The topological polar surface area (TPSA) is 58.4 Å². The van der Waals surface area contributed by atoms with Crippen molar-refractivity contribution in [3.05, 3.63) is 39.4 Å². The third-order valence-electron chi connectivity index (χ3n) is 3.65. The van der Waals surface area contributed by atoms with E-state index in [1.165, 1.54) is 0 Å². The van der Waals surface area contributed by atoms with Crippen LogP contribution in [0.25, 0.3) is 0 Å². The second-order valence-corrected chi connectivity index (χ2v) is 6.22. The fourth-order valence-electron chi connectivity index (χ4n) is 2.05. The van der Waals surface area contributed by atoms with Crippen LogP contribution in [0.15, 0.2) is 22.0 Å². The van der Waals surface area contributed by atoms with Crippen LogP contribution in [0.2, 0.25) is 0 Å². The summed E-state index contributed by atoms with van der Waals surface area (Å²) in [7, 11) is 1.93. The van der Waals surface area contributed by atoms with Crippen LogP contribution >= 0.6 is 11.3 Å². The van der Waals surface area contributed by atoms with Crippen molar-refractivity contribution in [2.75, 3.05) is 7.05 Å². The number of aromatic nitrogens is 1. The van der Waals surface area contributed by atoms with Crippen LogP contribution < -0.4 is 5.32 Å². The minimum atomic E-state index is -0.210. The molecule has 0 bridgehead atoms. The van der Waals surface area contributed by atoms with E-state index >= 15 is 0 Å². The molecule has 21 heavy (non-hydrogen) atoms. The number of hydrogen-bond donors (Lipinski definition) is 1. The van der Waals surface area contributed by atoms with Crippen LogP contribution in [0.1, 0.15) is 28.8 Å². The normalized spacial score (nSPS) is 12.6. The van der Waals surface area contributed by atoms with Gasteiger partial charge in [0, 0.05) is 17.0 Å². The van der Waals surface area contributed by atoms with Crippen LogP contribution in [0.4, 0.5) is 0 Å². The first-order valence-electron chi connectivity index (χ1n) is 6.91. The van der Waals surface area contributed by atoms with Gasteiger partial charge in [0.25, 0.3) is 0 Å². The lowest BCUT2D eigenvalue weighted by Gasteiger charge is -2.23.